The Morgan fingerprint density at radius 2 is 2.00 bits per heavy atom. The minimum absolute atomic E-state index is 0.0297. The summed E-state index contributed by atoms with van der Waals surface area (Å²) in [5, 5.41) is 4.19. The number of carbonyl (C=O) groups is 1. The Hall–Kier alpha value is -3.03. The van der Waals surface area contributed by atoms with Gasteiger partial charge in [0.1, 0.15) is 11.1 Å². The molecule has 7 nitrogen and oxygen atoms in total. The number of carbonyl (C=O) groups excluding carboxylic acids is 1. The van der Waals surface area contributed by atoms with Crippen LogP contribution in [0.3, 0.4) is 0 Å². The number of hydrogen-bond donors (Lipinski definition) is 1. The summed E-state index contributed by atoms with van der Waals surface area (Å²) in [4.78, 5) is 17.6. The van der Waals surface area contributed by atoms with E-state index in [2.05, 4.69) is 10.3 Å². The van der Waals surface area contributed by atoms with Gasteiger partial charge in [0, 0.05) is 29.6 Å². The van der Waals surface area contributed by atoms with E-state index in [4.69, 9.17) is 30.2 Å². The molecule has 162 valence electrons. The SMILES string of the molecule is COc1ccc(N=c2oc3ccc(Cl)cc3cc2C(=O)NCC2CCCO2)cc1OC. The number of nitrogens with zero attached hydrogens (tertiary/aromatic N) is 1. The lowest BCUT2D eigenvalue weighted by Crippen LogP contribution is -2.34. The van der Waals surface area contributed by atoms with Crippen LogP contribution in [0.2, 0.25) is 5.02 Å². The molecule has 3 aromatic rings. The number of fused-ring (bicyclic) bond motifs is 1. The Balaban J connectivity index is 1.76. The number of ether oxygens (including phenoxy) is 3. The number of amides is 1. The Morgan fingerprint density at radius 3 is 2.74 bits per heavy atom. The minimum Gasteiger partial charge on any atom is -0.493 e. The van der Waals surface area contributed by atoms with Crippen molar-refractivity contribution in [2.45, 2.75) is 18.9 Å². The Kier molecular flexibility index (Phi) is 6.44. The first-order chi connectivity index (χ1) is 15.1. The lowest BCUT2D eigenvalue weighted by atomic mass is 10.1. The van der Waals surface area contributed by atoms with Crippen LogP contribution in [0.5, 0.6) is 11.5 Å². The first kappa shape index (κ1) is 21.2. The minimum atomic E-state index is -0.291. The van der Waals surface area contributed by atoms with Crippen LogP contribution in [0.25, 0.3) is 11.0 Å². The maximum absolute atomic E-state index is 13.0. The molecule has 1 N–H and O–H groups in total. The van der Waals surface area contributed by atoms with Gasteiger partial charge >= 0.3 is 0 Å². The summed E-state index contributed by atoms with van der Waals surface area (Å²) in [6.07, 6.45) is 1.97. The number of benzene rings is 2. The molecule has 1 fully saturated rings. The molecule has 0 radical (unpaired) electrons. The molecule has 8 heteroatoms. The van der Waals surface area contributed by atoms with E-state index in [0.717, 1.165) is 19.4 Å². The predicted octanol–water partition coefficient (Wildman–Crippen LogP) is 4.24. The van der Waals surface area contributed by atoms with Gasteiger partial charge in [0.15, 0.2) is 11.5 Å². The quantitative estimate of drug-likeness (QED) is 0.617. The van der Waals surface area contributed by atoms with Gasteiger partial charge in [0.05, 0.1) is 26.0 Å². The van der Waals surface area contributed by atoms with Gasteiger partial charge < -0.3 is 23.9 Å². The zero-order valence-electron chi connectivity index (χ0n) is 17.3. The monoisotopic (exact) mass is 442 g/mol. The molecule has 4 rings (SSSR count). The van der Waals surface area contributed by atoms with Gasteiger partial charge in [0.25, 0.3) is 5.91 Å². The highest BCUT2D eigenvalue weighted by Crippen LogP contribution is 2.31. The van der Waals surface area contributed by atoms with Crippen LogP contribution >= 0.6 is 11.6 Å². The summed E-state index contributed by atoms with van der Waals surface area (Å²) in [5.74, 6) is 0.821. The first-order valence-corrected chi connectivity index (χ1v) is 10.3. The molecule has 1 saturated heterocycles. The van der Waals surface area contributed by atoms with E-state index in [1.165, 1.54) is 0 Å². The molecule has 1 atom stereocenters. The van der Waals surface area contributed by atoms with E-state index >= 15 is 0 Å². The number of halogens is 1. The smallest absolute Gasteiger partial charge is 0.256 e. The third kappa shape index (κ3) is 4.84. The van der Waals surface area contributed by atoms with Gasteiger partial charge in [-0.25, -0.2) is 4.99 Å². The van der Waals surface area contributed by atoms with Crippen molar-refractivity contribution in [2.24, 2.45) is 4.99 Å². The lowest BCUT2D eigenvalue weighted by Gasteiger charge is -2.11. The van der Waals surface area contributed by atoms with E-state index in [9.17, 15) is 4.79 Å². The third-order valence-corrected chi connectivity index (χ3v) is 5.30. The second kappa shape index (κ2) is 9.41. The van der Waals surface area contributed by atoms with Crippen molar-refractivity contribution in [2.75, 3.05) is 27.4 Å². The second-order valence-electron chi connectivity index (χ2n) is 7.14. The molecule has 2 heterocycles. The molecule has 0 aliphatic carbocycles. The highest BCUT2D eigenvalue weighted by Gasteiger charge is 2.19. The van der Waals surface area contributed by atoms with Crippen LogP contribution in [0.15, 0.2) is 51.9 Å². The average molecular weight is 443 g/mol. The van der Waals surface area contributed by atoms with Gasteiger partial charge in [-0.05, 0) is 49.2 Å². The molecule has 1 aromatic heterocycles. The molecule has 0 bridgehead atoms. The first-order valence-electron chi connectivity index (χ1n) is 9.97. The van der Waals surface area contributed by atoms with Gasteiger partial charge in [-0.1, -0.05) is 11.6 Å². The second-order valence-corrected chi connectivity index (χ2v) is 7.58. The van der Waals surface area contributed by atoms with Crippen LogP contribution in [0.1, 0.15) is 23.2 Å². The van der Waals surface area contributed by atoms with E-state index in [0.29, 0.717) is 45.3 Å². The highest BCUT2D eigenvalue weighted by atomic mass is 35.5. The molecule has 31 heavy (non-hydrogen) atoms. The predicted molar refractivity (Wildman–Crippen MR) is 117 cm³/mol. The summed E-state index contributed by atoms with van der Waals surface area (Å²) in [5.41, 5.74) is 1.62. The maximum Gasteiger partial charge on any atom is 0.256 e. The molecule has 1 unspecified atom stereocenters. The Labute approximate surface area is 184 Å². The van der Waals surface area contributed by atoms with Crippen molar-refractivity contribution >= 4 is 34.2 Å². The summed E-state index contributed by atoms with van der Waals surface area (Å²) < 4.78 is 22.2. The normalized spacial score (nSPS) is 16.5. The Bertz CT molecular complexity index is 1170. The molecule has 1 amide bonds. The summed E-state index contributed by atoms with van der Waals surface area (Å²) in [6.45, 7) is 1.16. The molecule has 1 aliphatic rings. The lowest BCUT2D eigenvalue weighted by molar-refractivity contribution is 0.0854. The number of rotatable bonds is 6. The van der Waals surface area contributed by atoms with Crippen molar-refractivity contribution in [3.63, 3.8) is 0 Å². The summed E-state index contributed by atoms with van der Waals surface area (Å²) >= 11 is 6.12. The van der Waals surface area contributed by atoms with Gasteiger partial charge in [0.2, 0.25) is 5.55 Å². The largest absolute Gasteiger partial charge is 0.493 e. The van der Waals surface area contributed by atoms with Crippen LogP contribution < -0.4 is 20.3 Å². The molecular formula is C23H23ClN2O5. The van der Waals surface area contributed by atoms with Gasteiger partial charge in [-0.3, -0.25) is 4.79 Å². The number of hydrogen-bond acceptors (Lipinski definition) is 6. The third-order valence-electron chi connectivity index (χ3n) is 5.07. The average Bonchev–Trinajstić information content (AvgIpc) is 3.30. The number of methoxy groups -OCH3 is 2. The molecule has 0 saturated carbocycles. The summed E-state index contributed by atoms with van der Waals surface area (Å²) in [7, 11) is 3.12. The standard InChI is InChI=1S/C23H23ClN2O5/c1-28-20-8-6-16(12-21(20)29-2)26-23-18(22(27)25-13-17-4-3-9-30-17)11-14-10-15(24)5-7-19(14)31-23/h5-8,10-12,17H,3-4,9,13H2,1-2H3,(H,25,27). The van der Waals surface area contributed by atoms with E-state index in [1.54, 1.807) is 56.7 Å². The van der Waals surface area contributed by atoms with Crippen molar-refractivity contribution < 1.29 is 23.4 Å². The molecule has 0 spiro atoms. The van der Waals surface area contributed by atoms with Crippen LogP contribution in [0.4, 0.5) is 5.69 Å². The topological polar surface area (TPSA) is 82.3 Å². The van der Waals surface area contributed by atoms with Crippen molar-refractivity contribution in [1.29, 1.82) is 0 Å². The summed E-state index contributed by atoms with van der Waals surface area (Å²) in [6, 6.07) is 12.2. The van der Waals surface area contributed by atoms with Crippen LogP contribution in [-0.4, -0.2) is 39.4 Å². The maximum atomic E-state index is 13.0. The van der Waals surface area contributed by atoms with Crippen molar-refractivity contribution in [1.82, 2.24) is 5.32 Å². The fourth-order valence-corrected chi connectivity index (χ4v) is 3.65. The van der Waals surface area contributed by atoms with E-state index in [1.807, 2.05) is 0 Å². The fourth-order valence-electron chi connectivity index (χ4n) is 3.47. The van der Waals surface area contributed by atoms with Gasteiger partial charge in [-0.15, -0.1) is 0 Å². The van der Waals surface area contributed by atoms with E-state index < -0.39 is 0 Å². The Morgan fingerprint density at radius 1 is 1.16 bits per heavy atom. The van der Waals surface area contributed by atoms with Gasteiger partial charge in [-0.2, -0.15) is 0 Å². The molecule has 2 aromatic carbocycles. The zero-order chi connectivity index (χ0) is 21.8. The van der Waals surface area contributed by atoms with E-state index in [-0.39, 0.29) is 17.6 Å². The highest BCUT2D eigenvalue weighted by molar-refractivity contribution is 6.31. The van der Waals surface area contributed by atoms with Crippen LogP contribution in [0, 0.1) is 0 Å². The fraction of sp³-hybridized carbons (Fsp3) is 0.304. The van der Waals surface area contributed by atoms with Crippen LogP contribution in [-0.2, 0) is 4.74 Å². The zero-order valence-corrected chi connectivity index (χ0v) is 18.1. The molecular weight excluding hydrogens is 420 g/mol. The van der Waals surface area contributed by atoms with Crippen molar-refractivity contribution in [3.8, 4) is 11.5 Å². The van der Waals surface area contributed by atoms with Crippen molar-refractivity contribution in [3.05, 3.63) is 58.6 Å². The number of nitrogens with one attached hydrogen (secondary N) is 1. The molecule has 1 aliphatic heterocycles.